The summed E-state index contributed by atoms with van der Waals surface area (Å²) < 4.78 is 0. The van der Waals surface area contributed by atoms with E-state index >= 15 is 0 Å². The number of hydrogen-bond donors (Lipinski definition) is 0. The van der Waals surface area contributed by atoms with Gasteiger partial charge in [-0.15, -0.1) is 0 Å². The molecular formula is C26H34N4O2. The predicted octanol–water partition coefficient (Wildman–Crippen LogP) is 3.63. The van der Waals surface area contributed by atoms with Gasteiger partial charge in [0.05, 0.1) is 6.42 Å². The van der Waals surface area contributed by atoms with Gasteiger partial charge in [0.15, 0.2) is 0 Å². The maximum absolute atomic E-state index is 13.1. The average Bonchev–Trinajstić information content (AvgIpc) is 2.85. The lowest BCUT2D eigenvalue weighted by atomic mass is 9.89. The Morgan fingerprint density at radius 2 is 1.75 bits per heavy atom. The van der Waals surface area contributed by atoms with E-state index in [4.69, 9.17) is 0 Å². The predicted molar refractivity (Wildman–Crippen MR) is 127 cm³/mol. The quantitative estimate of drug-likeness (QED) is 0.697. The molecule has 6 heteroatoms. The van der Waals surface area contributed by atoms with Crippen molar-refractivity contribution in [2.24, 2.45) is 5.92 Å². The third-order valence-corrected chi connectivity index (χ3v) is 6.79. The Bertz CT molecular complexity index is 903. The molecule has 1 aromatic heterocycles. The molecule has 2 fully saturated rings. The van der Waals surface area contributed by atoms with E-state index in [9.17, 15) is 9.59 Å². The highest BCUT2D eigenvalue weighted by atomic mass is 16.2. The second-order valence-electron chi connectivity index (χ2n) is 9.15. The van der Waals surface area contributed by atoms with Gasteiger partial charge in [0.1, 0.15) is 0 Å². The highest BCUT2D eigenvalue weighted by Crippen LogP contribution is 2.26. The highest BCUT2D eigenvalue weighted by molar-refractivity contribution is 5.95. The van der Waals surface area contributed by atoms with Gasteiger partial charge in [0.25, 0.3) is 5.91 Å². The van der Waals surface area contributed by atoms with Crippen LogP contribution in [-0.2, 0) is 11.2 Å². The maximum atomic E-state index is 13.1. The van der Waals surface area contributed by atoms with E-state index in [1.165, 1.54) is 32.1 Å². The molecule has 1 saturated carbocycles. The molecule has 2 amide bonds. The smallest absolute Gasteiger partial charge is 0.254 e. The molecule has 1 saturated heterocycles. The maximum Gasteiger partial charge on any atom is 0.254 e. The summed E-state index contributed by atoms with van der Waals surface area (Å²) in [5.74, 6) is 0.902. The van der Waals surface area contributed by atoms with Gasteiger partial charge in [0, 0.05) is 63.4 Å². The van der Waals surface area contributed by atoms with Gasteiger partial charge in [-0.25, -0.2) is 0 Å². The molecule has 1 aromatic carbocycles. The summed E-state index contributed by atoms with van der Waals surface area (Å²) in [5.41, 5.74) is 2.75. The minimum atomic E-state index is 0.0530. The molecule has 0 spiro atoms. The SMILES string of the molecule is CN(CC1CCCCC1)c1cccc(C(=O)N2CCN(C(=O)Cc3cccnc3)CC2)c1. The van der Waals surface area contributed by atoms with Crippen LogP contribution >= 0.6 is 0 Å². The molecule has 2 heterocycles. The van der Waals surface area contributed by atoms with Gasteiger partial charge < -0.3 is 14.7 Å². The molecular weight excluding hydrogens is 400 g/mol. The zero-order valence-corrected chi connectivity index (χ0v) is 19.1. The van der Waals surface area contributed by atoms with E-state index in [0.29, 0.717) is 32.6 Å². The largest absolute Gasteiger partial charge is 0.374 e. The lowest BCUT2D eigenvalue weighted by Crippen LogP contribution is -2.51. The fourth-order valence-corrected chi connectivity index (χ4v) is 4.87. The van der Waals surface area contributed by atoms with Crippen LogP contribution < -0.4 is 4.90 Å². The molecule has 32 heavy (non-hydrogen) atoms. The fraction of sp³-hybridized carbons (Fsp3) is 0.500. The van der Waals surface area contributed by atoms with Crippen LogP contribution in [0.1, 0.15) is 48.0 Å². The number of piperazine rings is 1. The van der Waals surface area contributed by atoms with Crippen molar-refractivity contribution in [2.75, 3.05) is 44.7 Å². The summed E-state index contributed by atoms with van der Waals surface area (Å²) >= 11 is 0. The molecule has 0 radical (unpaired) electrons. The Morgan fingerprint density at radius 1 is 1.00 bits per heavy atom. The number of benzene rings is 1. The summed E-state index contributed by atoms with van der Waals surface area (Å²) in [7, 11) is 2.13. The minimum absolute atomic E-state index is 0.0530. The van der Waals surface area contributed by atoms with Gasteiger partial charge in [-0.3, -0.25) is 14.6 Å². The summed E-state index contributed by atoms with van der Waals surface area (Å²) in [5, 5.41) is 0. The lowest BCUT2D eigenvalue weighted by Gasteiger charge is -2.35. The van der Waals surface area contributed by atoms with Crippen LogP contribution in [0.5, 0.6) is 0 Å². The normalized spacial score (nSPS) is 17.3. The topological polar surface area (TPSA) is 56.8 Å². The zero-order valence-electron chi connectivity index (χ0n) is 19.1. The number of hydrogen-bond acceptors (Lipinski definition) is 4. The van der Waals surface area contributed by atoms with Crippen LogP contribution in [0.25, 0.3) is 0 Å². The summed E-state index contributed by atoms with van der Waals surface area (Å²) in [6, 6.07) is 11.8. The van der Waals surface area contributed by atoms with E-state index in [-0.39, 0.29) is 11.8 Å². The Balaban J connectivity index is 1.31. The van der Waals surface area contributed by atoms with Crippen molar-refractivity contribution in [3.05, 3.63) is 59.9 Å². The van der Waals surface area contributed by atoms with E-state index in [0.717, 1.165) is 29.3 Å². The molecule has 6 nitrogen and oxygen atoms in total. The lowest BCUT2D eigenvalue weighted by molar-refractivity contribution is -0.131. The van der Waals surface area contributed by atoms with E-state index < -0.39 is 0 Å². The van der Waals surface area contributed by atoms with Crippen LogP contribution in [0.4, 0.5) is 5.69 Å². The first-order valence-electron chi connectivity index (χ1n) is 11.9. The van der Waals surface area contributed by atoms with Crippen LogP contribution in [0, 0.1) is 5.92 Å². The van der Waals surface area contributed by atoms with Crippen molar-refractivity contribution in [1.82, 2.24) is 14.8 Å². The summed E-state index contributed by atoms with van der Waals surface area (Å²) in [4.78, 5) is 35.8. The first kappa shape index (κ1) is 22.3. The minimum Gasteiger partial charge on any atom is -0.374 e. The summed E-state index contributed by atoms with van der Waals surface area (Å²) in [6.07, 6.45) is 10.5. The van der Waals surface area contributed by atoms with Crippen molar-refractivity contribution in [2.45, 2.75) is 38.5 Å². The monoisotopic (exact) mass is 434 g/mol. The van der Waals surface area contributed by atoms with Crippen LogP contribution in [0.15, 0.2) is 48.8 Å². The van der Waals surface area contributed by atoms with Crippen LogP contribution in [-0.4, -0.2) is 66.4 Å². The molecule has 0 atom stereocenters. The Morgan fingerprint density at radius 3 is 2.47 bits per heavy atom. The van der Waals surface area contributed by atoms with E-state index in [1.54, 1.807) is 12.4 Å². The second kappa shape index (κ2) is 10.6. The number of amides is 2. The number of carbonyl (C=O) groups excluding carboxylic acids is 2. The Labute approximate surface area is 191 Å². The first-order valence-corrected chi connectivity index (χ1v) is 11.9. The second-order valence-corrected chi connectivity index (χ2v) is 9.15. The molecule has 2 aromatic rings. The molecule has 1 aliphatic heterocycles. The first-order chi connectivity index (χ1) is 15.6. The Hall–Kier alpha value is -2.89. The Kier molecular flexibility index (Phi) is 7.40. The van der Waals surface area contributed by atoms with Gasteiger partial charge >= 0.3 is 0 Å². The van der Waals surface area contributed by atoms with Crippen molar-refractivity contribution in [3.8, 4) is 0 Å². The van der Waals surface area contributed by atoms with Crippen molar-refractivity contribution in [3.63, 3.8) is 0 Å². The number of aromatic nitrogens is 1. The zero-order chi connectivity index (χ0) is 22.3. The van der Waals surface area contributed by atoms with Crippen molar-refractivity contribution >= 4 is 17.5 Å². The standard InChI is InChI=1S/C26H34N4O2/c1-28(20-21-7-3-2-4-8-21)24-11-5-10-23(18-24)26(32)30-15-13-29(14-16-30)25(31)17-22-9-6-12-27-19-22/h5-6,9-12,18-19,21H,2-4,7-8,13-17,20H2,1H3. The van der Waals surface area contributed by atoms with Gasteiger partial charge in [-0.1, -0.05) is 31.4 Å². The third-order valence-electron chi connectivity index (χ3n) is 6.79. The third kappa shape index (κ3) is 5.67. The number of nitrogens with zero attached hydrogens (tertiary/aromatic N) is 4. The molecule has 2 aliphatic rings. The molecule has 4 rings (SSSR count). The average molecular weight is 435 g/mol. The van der Waals surface area contributed by atoms with Gasteiger partial charge in [-0.05, 0) is 48.6 Å². The number of rotatable bonds is 6. The van der Waals surface area contributed by atoms with Crippen LogP contribution in [0.3, 0.4) is 0 Å². The number of carbonyl (C=O) groups is 2. The van der Waals surface area contributed by atoms with Crippen LogP contribution in [0.2, 0.25) is 0 Å². The van der Waals surface area contributed by atoms with Gasteiger partial charge in [0.2, 0.25) is 5.91 Å². The molecule has 0 unspecified atom stereocenters. The fourth-order valence-electron chi connectivity index (χ4n) is 4.87. The molecule has 0 N–H and O–H groups in total. The van der Waals surface area contributed by atoms with E-state index in [1.807, 2.05) is 40.1 Å². The molecule has 170 valence electrons. The molecule has 0 bridgehead atoms. The highest BCUT2D eigenvalue weighted by Gasteiger charge is 2.25. The van der Waals surface area contributed by atoms with E-state index in [2.05, 4.69) is 23.0 Å². The van der Waals surface area contributed by atoms with Crippen molar-refractivity contribution in [1.29, 1.82) is 0 Å². The molecule has 1 aliphatic carbocycles. The number of pyridine rings is 1. The van der Waals surface area contributed by atoms with Crippen molar-refractivity contribution < 1.29 is 9.59 Å². The number of anilines is 1. The summed E-state index contributed by atoms with van der Waals surface area (Å²) in [6.45, 7) is 3.34. The van der Waals surface area contributed by atoms with Gasteiger partial charge in [-0.2, -0.15) is 0 Å².